The van der Waals surface area contributed by atoms with Gasteiger partial charge in [0.2, 0.25) is 0 Å². The molecule has 1 aromatic heterocycles. The summed E-state index contributed by atoms with van der Waals surface area (Å²) in [4.78, 5) is 4.52. The van der Waals surface area contributed by atoms with Gasteiger partial charge in [0.05, 0.1) is 16.7 Å². The number of thiazole rings is 1. The van der Waals surface area contributed by atoms with Gasteiger partial charge < -0.3 is 5.32 Å². The summed E-state index contributed by atoms with van der Waals surface area (Å²) >= 11 is 1.71. The van der Waals surface area contributed by atoms with Gasteiger partial charge in [0, 0.05) is 11.8 Å². The van der Waals surface area contributed by atoms with E-state index in [0.29, 0.717) is 6.04 Å². The van der Waals surface area contributed by atoms with Crippen LogP contribution < -0.4 is 5.32 Å². The van der Waals surface area contributed by atoms with Crippen molar-refractivity contribution in [3.05, 3.63) is 16.1 Å². The molecule has 1 rings (SSSR count). The van der Waals surface area contributed by atoms with Crippen molar-refractivity contribution in [3.63, 3.8) is 0 Å². The summed E-state index contributed by atoms with van der Waals surface area (Å²) in [6, 6.07) is 0.362. The number of aryl methyl sites for hydroxylation is 1. The molecule has 0 aliphatic carbocycles. The summed E-state index contributed by atoms with van der Waals surface area (Å²) in [7, 11) is 0. The largest absolute Gasteiger partial charge is 0.309 e. The summed E-state index contributed by atoms with van der Waals surface area (Å²) in [5, 5.41) is 6.72. The van der Waals surface area contributed by atoms with Gasteiger partial charge in [-0.15, -0.1) is 23.2 Å². The molecule has 82 valence electrons. The maximum atomic E-state index is 4.52. The number of nitrogens with zero attached hydrogens (tertiary/aromatic N) is 1. The second kappa shape index (κ2) is 6.60. The van der Waals surface area contributed by atoms with Crippen LogP contribution in [-0.4, -0.2) is 11.5 Å². The lowest BCUT2D eigenvalue weighted by molar-refractivity contribution is 0.512. The van der Waals surface area contributed by atoms with Gasteiger partial charge in [0.15, 0.2) is 0 Å². The number of hydrogen-bond donors (Lipinski definition) is 1. The smallest absolute Gasteiger partial charge is 0.0898 e. The highest BCUT2D eigenvalue weighted by atomic mass is 32.1. The Morgan fingerprint density at radius 1 is 1.60 bits per heavy atom. The Morgan fingerprint density at radius 2 is 2.40 bits per heavy atom. The lowest BCUT2D eigenvalue weighted by Gasteiger charge is -2.13. The van der Waals surface area contributed by atoms with E-state index in [4.69, 9.17) is 0 Å². The van der Waals surface area contributed by atoms with E-state index in [0.717, 1.165) is 30.1 Å². The van der Waals surface area contributed by atoms with Crippen LogP contribution in [0.4, 0.5) is 0 Å². The number of hydrogen-bond acceptors (Lipinski definition) is 3. The fourth-order valence-corrected chi connectivity index (χ4v) is 2.15. The van der Waals surface area contributed by atoms with E-state index >= 15 is 0 Å². The van der Waals surface area contributed by atoms with Crippen LogP contribution in [0.2, 0.25) is 0 Å². The summed E-state index contributed by atoms with van der Waals surface area (Å²) in [6.45, 7) is 7.02. The van der Waals surface area contributed by atoms with Crippen LogP contribution in [0.25, 0.3) is 0 Å². The van der Waals surface area contributed by atoms with Gasteiger partial charge in [0.25, 0.3) is 0 Å². The highest BCUT2D eigenvalue weighted by molar-refractivity contribution is 7.09. The second-order valence-corrected chi connectivity index (χ2v) is 4.43. The van der Waals surface area contributed by atoms with E-state index < -0.39 is 0 Å². The normalized spacial score (nSPS) is 11.9. The third kappa shape index (κ3) is 4.03. The summed E-state index contributed by atoms with van der Waals surface area (Å²) in [6.07, 6.45) is 1.97. The van der Waals surface area contributed by atoms with Gasteiger partial charge in [0.1, 0.15) is 0 Å². The number of aromatic nitrogens is 1. The molecule has 0 spiro atoms. The Bertz CT molecular complexity index is 346. The van der Waals surface area contributed by atoms with Gasteiger partial charge >= 0.3 is 0 Å². The van der Waals surface area contributed by atoms with Gasteiger partial charge in [-0.2, -0.15) is 0 Å². The first kappa shape index (κ1) is 12.2. The van der Waals surface area contributed by atoms with Crippen molar-refractivity contribution in [2.24, 2.45) is 0 Å². The van der Waals surface area contributed by atoms with E-state index in [1.807, 2.05) is 13.8 Å². The Kier molecular flexibility index (Phi) is 5.38. The molecule has 3 heteroatoms. The molecule has 1 N–H and O–H groups in total. The first-order chi connectivity index (χ1) is 7.27. The average molecular weight is 222 g/mol. The molecule has 1 heterocycles. The SMILES string of the molecule is CC#CCCC(NCC)c1csc(C)n1. The third-order valence-corrected chi connectivity index (χ3v) is 2.97. The minimum absolute atomic E-state index is 0.362. The Balaban J connectivity index is 2.59. The molecule has 0 radical (unpaired) electrons. The molecular formula is C12H18N2S. The van der Waals surface area contributed by atoms with Crippen molar-refractivity contribution in [2.45, 2.75) is 39.7 Å². The molecule has 0 fully saturated rings. The number of nitrogens with one attached hydrogen (secondary N) is 1. The van der Waals surface area contributed by atoms with Crippen LogP contribution in [0.1, 0.15) is 43.4 Å². The van der Waals surface area contributed by atoms with Crippen molar-refractivity contribution >= 4 is 11.3 Å². The van der Waals surface area contributed by atoms with Gasteiger partial charge in [-0.3, -0.25) is 0 Å². The molecule has 1 aromatic rings. The molecule has 15 heavy (non-hydrogen) atoms. The molecule has 0 bridgehead atoms. The Labute approximate surface area is 96.1 Å². The van der Waals surface area contributed by atoms with Crippen molar-refractivity contribution in [2.75, 3.05) is 6.54 Å². The van der Waals surface area contributed by atoms with Crippen LogP contribution >= 0.6 is 11.3 Å². The standard InChI is InChI=1S/C12H18N2S/c1-4-6-7-8-11(13-5-2)12-9-15-10(3)14-12/h9,11,13H,5,7-8H2,1-3H3. The van der Waals surface area contributed by atoms with E-state index in [1.54, 1.807) is 11.3 Å². The van der Waals surface area contributed by atoms with E-state index in [-0.39, 0.29) is 0 Å². The second-order valence-electron chi connectivity index (χ2n) is 3.37. The maximum absolute atomic E-state index is 4.52. The van der Waals surface area contributed by atoms with Gasteiger partial charge in [-0.05, 0) is 26.8 Å². The minimum Gasteiger partial charge on any atom is -0.309 e. The quantitative estimate of drug-likeness (QED) is 0.775. The maximum Gasteiger partial charge on any atom is 0.0898 e. The van der Waals surface area contributed by atoms with Crippen molar-refractivity contribution in [1.29, 1.82) is 0 Å². The Morgan fingerprint density at radius 3 is 2.93 bits per heavy atom. The Hall–Kier alpha value is -0.850. The summed E-state index contributed by atoms with van der Waals surface area (Å²) in [5.41, 5.74) is 1.16. The topological polar surface area (TPSA) is 24.9 Å². The fraction of sp³-hybridized carbons (Fsp3) is 0.583. The minimum atomic E-state index is 0.362. The van der Waals surface area contributed by atoms with E-state index in [1.165, 1.54) is 0 Å². The van der Waals surface area contributed by atoms with Crippen LogP contribution in [0.5, 0.6) is 0 Å². The van der Waals surface area contributed by atoms with Gasteiger partial charge in [-0.25, -0.2) is 4.98 Å². The highest BCUT2D eigenvalue weighted by Crippen LogP contribution is 2.20. The summed E-state index contributed by atoms with van der Waals surface area (Å²) < 4.78 is 0. The highest BCUT2D eigenvalue weighted by Gasteiger charge is 2.11. The predicted octanol–water partition coefficient (Wildman–Crippen LogP) is 2.91. The van der Waals surface area contributed by atoms with E-state index in [9.17, 15) is 0 Å². The van der Waals surface area contributed by atoms with Crippen LogP contribution in [0.3, 0.4) is 0 Å². The molecule has 1 atom stereocenters. The van der Waals surface area contributed by atoms with Crippen LogP contribution in [-0.2, 0) is 0 Å². The molecule has 0 saturated carbocycles. The molecule has 0 aromatic carbocycles. The molecule has 0 saturated heterocycles. The monoisotopic (exact) mass is 222 g/mol. The molecule has 0 amide bonds. The van der Waals surface area contributed by atoms with Crippen LogP contribution in [0, 0.1) is 18.8 Å². The molecular weight excluding hydrogens is 204 g/mol. The van der Waals surface area contributed by atoms with Gasteiger partial charge in [-0.1, -0.05) is 6.92 Å². The van der Waals surface area contributed by atoms with Crippen molar-refractivity contribution in [3.8, 4) is 11.8 Å². The van der Waals surface area contributed by atoms with Crippen molar-refractivity contribution < 1.29 is 0 Å². The zero-order chi connectivity index (χ0) is 11.1. The predicted molar refractivity (Wildman–Crippen MR) is 66.0 cm³/mol. The molecule has 1 unspecified atom stereocenters. The summed E-state index contributed by atoms with van der Waals surface area (Å²) in [5.74, 6) is 6.03. The number of rotatable bonds is 5. The molecule has 0 aliphatic rings. The lowest BCUT2D eigenvalue weighted by Crippen LogP contribution is -2.21. The van der Waals surface area contributed by atoms with Crippen molar-refractivity contribution in [1.82, 2.24) is 10.3 Å². The molecule has 0 aliphatic heterocycles. The fourth-order valence-electron chi connectivity index (χ4n) is 1.48. The van der Waals surface area contributed by atoms with E-state index in [2.05, 4.69) is 34.4 Å². The first-order valence-corrected chi connectivity index (χ1v) is 6.21. The van der Waals surface area contributed by atoms with Crippen LogP contribution in [0.15, 0.2) is 5.38 Å². The average Bonchev–Trinajstić information content (AvgIpc) is 2.64. The third-order valence-electron chi connectivity index (χ3n) is 2.18. The zero-order valence-electron chi connectivity index (χ0n) is 9.63. The molecule has 2 nitrogen and oxygen atoms in total. The first-order valence-electron chi connectivity index (χ1n) is 5.33. The zero-order valence-corrected chi connectivity index (χ0v) is 10.4. The lowest BCUT2D eigenvalue weighted by atomic mass is 10.1.